The molecule has 1 aromatic carbocycles. The van der Waals surface area contributed by atoms with Crippen LogP contribution in [-0.4, -0.2) is 29.2 Å². The zero-order chi connectivity index (χ0) is 12.4. The van der Waals surface area contributed by atoms with Crippen LogP contribution in [0.1, 0.15) is 19.4 Å². The highest BCUT2D eigenvalue weighted by molar-refractivity contribution is 6.16. The quantitative estimate of drug-likeness (QED) is 0.569. The van der Waals surface area contributed by atoms with Gasteiger partial charge >= 0.3 is 0 Å². The molecule has 0 radical (unpaired) electrons. The Morgan fingerprint density at radius 1 is 1.19 bits per heavy atom. The highest BCUT2D eigenvalue weighted by atomic mass is 28.1. The summed E-state index contributed by atoms with van der Waals surface area (Å²) >= 11 is 0. The van der Waals surface area contributed by atoms with Crippen LogP contribution in [-0.2, 0) is 5.54 Å². The van der Waals surface area contributed by atoms with Crippen molar-refractivity contribution in [3.05, 3.63) is 48.6 Å². The number of benzene rings is 1. The van der Waals surface area contributed by atoms with E-state index in [0.29, 0.717) is 0 Å². The van der Waals surface area contributed by atoms with Crippen molar-refractivity contribution in [1.29, 1.82) is 0 Å². The summed E-state index contributed by atoms with van der Waals surface area (Å²) in [5, 5.41) is 0.236. The molecule has 1 nitrogen and oxygen atoms in total. The standard InChI is InChI=1S/C14H23NSi/c1-6-14(15(4)5,13(2,3)16)12-10-8-7-9-11-12/h6-11H,1H2,2-5,16H3. The Hall–Kier alpha value is -0.863. The molecular formula is C14H23NSi. The van der Waals surface area contributed by atoms with Crippen molar-refractivity contribution in [1.82, 2.24) is 4.90 Å². The molecule has 0 N–H and O–H groups in total. The second kappa shape index (κ2) is 4.56. The van der Waals surface area contributed by atoms with Crippen molar-refractivity contribution in [2.45, 2.75) is 24.4 Å². The Morgan fingerprint density at radius 3 is 2.00 bits per heavy atom. The van der Waals surface area contributed by atoms with Crippen LogP contribution < -0.4 is 0 Å². The molecule has 2 heteroatoms. The molecule has 0 bridgehead atoms. The molecule has 0 aliphatic rings. The van der Waals surface area contributed by atoms with Gasteiger partial charge in [0.05, 0.1) is 5.54 Å². The average Bonchev–Trinajstić information content (AvgIpc) is 2.18. The SMILES string of the molecule is C=CC(c1ccccc1)(N(C)C)C(C)(C)[SiH3]. The fraction of sp³-hybridized carbons (Fsp3) is 0.429. The van der Waals surface area contributed by atoms with Crippen LogP contribution in [0.2, 0.25) is 5.04 Å². The van der Waals surface area contributed by atoms with Crippen LogP contribution in [0.15, 0.2) is 43.0 Å². The number of nitrogens with zero attached hydrogens (tertiary/aromatic N) is 1. The maximum Gasteiger partial charge on any atom is 0.0656 e. The lowest BCUT2D eigenvalue weighted by molar-refractivity contribution is 0.159. The Balaban J connectivity index is 3.42. The third-order valence-corrected chi connectivity index (χ3v) is 4.12. The molecule has 16 heavy (non-hydrogen) atoms. The molecule has 0 aromatic heterocycles. The highest BCUT2D eigenvalue weighted by Crippen LogP contribution is 2.47. The molecule has 0 amide bonds. The van der Waals surface area contributed by atoms with Gasteiger partial charge in [-0.1, -0.05) is 50.3 Å². The van der Waals surface area contributed by atoms with E-state index in [1.54, 1.807) is 0 Å². The van der Waals surface area contributed by atoms with E-state index in [9.17, 15) is 0 Å². The maximum absolute atomic E-state index is 4.08. The zero-order valence-electron chi connectivity index (χ0n) is 11.1. The van der Waals surface area contributed by atoms with E-state index in [-0.39, 0.29) is 10.6 Å². The summed E-state index contributed by atoms with van der Waals surface area (Å²) in [5.74, 6) is 0. The van der Waals surface area contributed by atoms with Gasteiger partial charge in [-0.3, -0.25) is 4.90 Å². The van der Waals surface area contributed by atoms with Gasteiger partial charge in [-0.25, -0.2) is 0 Å². The lowest BCUT2D eigenvalue weighted by Gasteiger charge is -2.48. The molecule has 0 aliphatic carbocycles. The topological polar surface area (TPSA) is 3.24 Å². The molecule has 1 aromatic rings. The van der Waals surface area contributed by atoms with Gasteiger partial charge in [-0.05, 0) is 24.7 Å². The van der Waals surface area contributed by atoms with E-state index in [1.165, 1.54) is 5.56 Å². The Bertz CT molecular complexity index is 351. The molecule has 0 saturated carbocycles. The van der Waals surface area contributed by atoms with Crippen molar-refractivity contribution in [3.63, 3.8) is 0 Å². The van der Waals surface area contributed by atoms with Gasteiger partial charge in [-0.15, -0.1) is 6.58 Å². The van der Waals surface area contributed by atoms with Crippen LogP contribution in [0.4, 0.5) is 0 Å². The summed E-state index contributed by atoms with van der Waals surface area (Å²) in [6, 6.07) is 10.7. The third kappa shape index (κ3) is 2.00. The smallest absolute Gasteiger partial charge is 0.0656 e. The molecule has 0 heterocycles. The molecule has 0 spiro atoms. The predicted molar refractivity (Wildman–Crippen MR) is 76.0 cm³/mol. The lowest BCUT2D eigenvalue weighted by atomic mass is 9.78. The molecule has 88 valence electrons. The third-order valence-electron chi connectivity index (χ3n) is 3.36. The number of likely N-dealkylation sites (N-methyl/N-ethyl adjacent to an activating group) is 1. The van der Waals surface area contributed by atoms with Crippen LogP contribution in [0.5, 0.6) is 0 Å². The molecule has 1 rings (SSSR count). The second-order valence-corrected chi connectivity index (χ2v) is 7.98. The minimum Gasteiger partial charge on any atom is -0.296 e. The van der Waals surface area contributed by atoms with Gasteiger partial charge in [0.15, 0.2) is 0 Å². The fourth-order valence-corrected chi connectivity index (χ4v) is 3.60. The van der Waals surface area contributed by atoms with Crippen LogP contribution in [0, 0.1) is 0 Å². The molecular weight excluding hydrogens is 210 g/mol. The van der Waals surface area contributed by atoms with Crippen molar-refractivity contribution >= 4 is 10.2 Å². The van der Waals surface area contributed by atoms with Crippen LogP contribution in [0.3, 0.4) is 0 Å². The van der Waals surface area contributed by atoms with Gasteiger partial charge < -0.3 is 0 Å². The zero-order valence-corrected chi connectivity index (χ0v) is 13.1. The summed E-state index contributed by atoms with van der Waals surface area (Å²) < 4.78 is 0. The van der Waals surface area contributed by atoms with Gasteiger partial charge in [0, 0.05) is 10.2 Å². The summed E-state index contributed by atoms with van der Waals surface area (Å²) in [6.07, 6.45) is 2.09. The van der Waals surface area contributed by atoms with E-state index in [2.05, 4.69) is 75.8 Å². The predicted octanol–water partition coefficient (Wildman–Crippen LogP) is 2.19. The van der Waals surface area contributed by atoms with E-state index in [1.807, 2.05) is 0 Å². The van der Waals surface area contributed by atoms with Crippen molar-refractivity contribution in [2.75, 3.05) is 14.1 Å². The maximum atomic E-state index is 4.08. The largest absolute Gasteiger partial charge is 0.296 e. The summed E-state index contributed by atoms with van der Waals surface area (Å²) in [7, 11) is 5.38. The van der Waals surface area contributed by atoms with Crippen molar-refractivity contribution in [2.24, 2.45) is 0 Å². The average molecular weight is 233 g/mol. The first-order valence-corrected chi connectivity index (χ1v) is 6.73. The Kier molecular flexibility index (Phi) is 3.76. The molecule has 1 atom stereocenters. The van der Waals surface area contributed by atoms with Crippen LogP contribution >= 0.6 is 0 Å². The fourth-order valence-electron chi connectivity index (χ4n) is 2.66. The molecule has 0 aliphatic heterocycles. The molecule has 1 unspecified atom stereocenters. The van der Waals surface area contributed by atoms with E-state index in [4.69, 9.17) is 0 Å². The van der Waals surface area contributed by atoms with Gasteiger partial charge in [0.1, 0.15) is 0 Å². The number of hydrogen-bond donors (Lipinski definition) is 0. The number of rotatable bonds is 4. The van der Waals surface area contributed by atoms with Gasteiger partial charge in [0.25, 0.3) is 0 Å². The van der Waals surface area contributed by atoms with E-state index in [0.717, 1.165) is 10.2 Å². The van der Waals surface area contributed by atoms with Crippen molar-refractivity contribution in [3.8, 4) is 0 Å². The number of hydrogen-bond acceptors (Lipinski definition) is 1. The highest BCUT2D eigenvalue weighted by Gasteiger charge is 2.42. The molecule has 0 saturated heterocycles. The Morgan fingerprint density at radius 2 is 1.69 bits per heavy atom. The summed E-state index contributed by atoms with van der Waals surface area (Å²) in [5.41, 5.74) is 1.26. The Labute approximate surface area is 103 Å². The monoisotopic (exact) mass is 233 g/mol. The normalized spacial score (nSPS) is 16.1. The van der Waals surface area contributed by atoms with E-state index < -0.39 is 0 Å². The minimum absolute atomic E-state index is 0.0690. The van der Waals surface area contributed by atoms with E-state index >= 15 is 0 Å². The first-order chi connectivity index (χ1) is 7.36. The summed E-state index contributed by atoms with van der Waals surface area (Å²) in [4.78, 5) is 2.28. The van der Waals surface area contributed by atoms with Crippen molar-refractivity contribution < 1.29 is 0 Å². The second-order valence-electron chi connectivity index (χ2n) is 5.48. The first kappa shape index (κ1) is 13.2. The molecule has 0 fully saturated rings. The van der Waals surface area contributed by atoms with Gasteiger partial charge in [0.2, 0.25) is 0 Å². The van der Waals surface area contributed by atoms with Crippen LogP contribution in [0.25, 0.3) is 0 Å². The first-order valence-electron chi connectivity index (χ1n) is 5.73. The summed E-state index contributed by atoms with van der Waals surface area (Å²) in [6.45, 7) is 8.70. The van der Waals surface area contributed by atoms with Gasteiger partial charge in [-0.2, -0.15) is 0 Å². The minimum atomic E-state index is -0.0690. The lowest BCUT2D eigenvalue weighted by Crippen LogP contribution is -2.47.